The zero-order valence-corrected chi connectivity index (χ0v) is 11.6. The number of esters is 1. The van der Waals surface area contributed by atoms with Crippen LogP contribution in [0, 0.1) is 5.95 Å². The first kappa shape index (κ1) is 15.1. The molecule has 0 aliphatic heterocycles. The van der Waals surface area contributed by atoms with E-state index in [2.05, 4.69) is 9.97 Å². The van der Waals surface area contributed by atoms with Gasteiger partial charge in [-0.2, -0.15) is 4.39 Å². The van der Waals surface area contributed by atoms with Gasteiger partial charge in [0.15, 0.2) is 5.69 Å². The van der Waals surface area contributed by atoms with Crippen LogP contribution in [0.25, 0.3) is 0 Å². The second-order valence-electron chi connectivity index (χ2n) is 4.43. The molecule has 0 radical (unpaired) electrons. The number of carbonyl (C=O) groups is 1. The Morgan fingerprint density at radius 1 is 1.48 bits per heavy atom. The lowest BCUT2D eigenvalue weighted by Crippen LogP contribution is -2.18. The molecule has 0 aliphatic rings. The molecule has 1 N–H and O–H groups in total. The summed E-state index contributed by atoms with van der Waals surface area (Å²) in [6, 6.07) is 5.01. The zero-order chi connectivity index (χ0) is 15.2. The van der Waals surface area contributed by atoms with E-state index in [0.29, 0.717) is 12.1 Å². The van der Waals surface area contributed by atoms with Crippen molar-refractivity contribution in [3.63, 3.8) is 0 Å². The van der Waals surface area contributed by atoms with Gasteiger partial charge in [-0.25, -0.2) is 9.78 Å². The van der Waals surface area contributed by atoms with Gasteiger partial charge in [0.05, 0.1) is 24.7 Å². The molecular weight excluding hydrogens is 277 g/mol. The smallest absolute Gasteiger partial charge is 0.359 e. The highest BCUT2D eigenvalue weighted by molar-refractivity contribution is 5.87. The van der Waals surface area contributed by atoms with Crippen LogP contribution >= 0.6 is 0 Å². The summed E-state index contributed by atoms with van der Waals surface area (Å²) in [7, 11) is 0. The molecule has 0 spiro atoms. The SMILES string of the molecule is C[C@H](c1ccccn1)n1cnc(F)c1C(=O)OCCCO. The standard InChI is InChI=1S/C14H16FN3O3/c1-10(11-5-2-3-6-16-11)18-9-17-13(15)12(18)14(20)21-8-4-7-19/h2-3,5-6,9-10,19H,4,7-8H2,1H3/t10-/m1/s1. The topological polar surface area (TPSA) is 77.2 Å². The van der Waals surface area contributed by atoms with Crippen molar-refractivity contribution in [2.45, 2.75) is 19.4 Å². The quantitative estimate of drug-likeness (QED) is 0.646. The zero-order valence-electron chi connectivity index (χ0n) is 11.6. The highest BCUT2D eigenvalue weighted by atomic mass is 19.1. The summed E-state index contributed by atoms with van der Waals surface area (Å²) in [5, 5.41) is 8.66. The van der Waals surface area contributed by atoms with Gasteiger partial charge < -0.3 is 14.4 Å². The molecule has 6 nitrogen and oxygen atoms in total. The number of hydrogen-bond donors (Lipinski definition) is 1. The summed E-state index contributed by atoms with van der Waals surface area (Å²) < 4.78 is 20.0. The van der Waals surface area contributed by atoms with Gasteiger partial charge in [-0.15, -0.1) is 0 Å². The summed E-state index contributed by atoms with van der Waals surface area (Å²) in [5.41, 5.74) is 0.436. The number of ether oxygens (including phenoxy) is 1. The van der Waals surface area contributed by atoms with Crippen LogP contribution in [0.5, 0.6) is 0 Å². The monoisotopic (exact) mass is 293 g/mol. The summed E-state index contributed by atoms with van der Waals surface area (Å²) in [4.78, 5) is 19.6. The molecule has 0 unspecified atom stereocenters. The van der Waals surface area contributed by atoms with Crippen molar-refractivity contribution in [2.75, 3.05) is 13.2 Å². The van der Waals surface area contributed by atoms with E-state index in [-0.39, 0.29) is 24.9 Å². The molecule has 7 heteroatoms. The fourth-order valence-electron chi connectivity index (χ4n) is 1.88. The molecule has 2 aromatic rings. The number of rotatable bonds is 6. The van der Waals surface area contributed by atoms with Crippen LogP contribution in [-0.4, -0.2) is 38.8 Å². The van der Waals surface area contributed by atoms with E-state index < -0.39 is 11.9 Å². The Morgan fingerprint density at radius 3 is 2.95 bits per heavy atom. The van der Waals surface area contributed by atoms with Crippen molar-refractivity contribution in [3.05, 3.63) is 48.1 Å². The minimum absolute atomic E-state index is 0.0257. The number of aliphatic hydroxyl groups is 1. The van der Waals surface area contributed by atoms with Crippen molar-refractivity contribution in [1.82, 2.24) is 14.5 Å². The molecule has 0 aromatic carbocycles. The lowest BCUT2D eigenvalue weighted by molar-refractivity contribution is 0.0462. The number of carbonyl (C=O) groups excluding carboxylic acids is 1. The first-order valence-corrected chi connectivity index (χ1v) is 6.56. The molecule has 2 aromatic heterocycles. The summed E-state index contributed by atoms with van der Waals surface area (Å²) in [5.74, 6) is -1.69. The van der Waals surface area contributed by atoms with E-state index in [1.54, 1.807) is 25.3 Å². The first-order valence-electron chi connectivity index (χ1n) is 6.56. The largest absolute Gasteiger partial charge is 0.461 e. The Morgan fingerprint density at radius 2 is 2.29 bits per heavy atom. The molecule has 112 valence electrons. The van der Waals surface area contributed by atoms with Crippen LogP contribution in [0.4, 0.5) is 4.39 Å². The molecule has 0 aliphatic carbocycles. The highest BCUT2D eigenvalue weighted by Gasteiger charge is 2.24. The lowest BCUT2D eigenvalue weighted by atomic mass is 10.2. The second kappa shape index (κ2) is 6.94. The predicted octanol–water partition coefficient (Wildman–Crippen LogP) is 1.57. The molecule has 1 atom stereocenters. The van der Waals surface area contributed by atoms with Gasteiger partial charge >= 0.3 is 5.97 Å². The average Bonchev–Trinajstić information content (AvgIpc) is 2.89. The molecular formula is C14H16FN3O3. The van der Waals surface area contributed by atoms with Crippen molar-refractivity contribution < 1.29 is 19.0 Å². The molecule has 0 fully saturated rings. The van der Waals surface area contributed by atoms with Crippen LogP contribution in [0.1, 0.15) is 35.6 Å². The Labute approximate surface area is 121 Å². The molecule has 0 bridgehead atoms. The molecule has 2 heterocycles. The van der Waals surface area contributed by atoms with Gasteiger partial charge in [-0.3, -0.25) is 4.98 Å². The van der Waals surface area contributed by atoms with Gasteiger partial charge in [0.1, 0.15) is 0 Å². The van der Waals surface area contributed by atoms with Crippen LogP contribution in [0.3, 0.4) is 0 Å². The predicted molar refractivity (Wildman–Crippen MR) is 72.2 cm³/mol. The van der Waals surface area contributed by atoms with Gasteiger partial charge in [0.2, 0.25) is 5.95 Å². The third kappa shape index (κ3) is 3.43. The third-order valence-corrected chi connectivity index (χ3v) is 3.01. The number of hydrogen-bond acceptors (Lipinski definition) is 5. The number of imidazole rings is 1. The highest BCUT2D eigenvalue weighted by Crippen LogP contribution is 2.20. The van der Waals surface area contributed by atoms with Gasteiger partial charge in [-0.05, 0) is 19.1 Å². The van der Waals surface area contributed by atoms with E-state index in [0.717, 1.165) is 0 Å². The van der Waals surface area contributed by atoms with Gasteiger partial charge in [0, 0.05) is 19.2 Å². The van der Waals surface area contributed by atoms with Crippen LogP contribution in [-0.2, 0) is 4.74 Å². The van der Waals surface area contributed by atoms with Gasteiger partial charge in [0.25, 0.3) is 0 Å². The average molecular weight is 293 g/mol. The van der Waals surface area contributed by atoms with Crippen molar-refractivity contribution >= 4 is 5.97 Å². The van der Waals surface area contributed by atoms with Crippen molar-refractivity contribution in [3.8, 4) is 0 Å². The molecule has 0 saturated heterocycles. The van der Waals surface area contributed by atoms with Crippen LogP contribution in [0.2, 0.25) is 0 Å². The Balaban J connectivity index is 2.23. The number of aliphatic hydroxyl groups excluding tert-OH is 1. The van der Waals surface area contributed by atoms with E-state index in [1.807, 2.05) is 6.07 Å². The number of aromatic nitrogens is 3. The van der Waals surface area contributed by atoms with E-state index in [9.17, 15) is 9.18 Å². The molecule has 0 amide bonds. The van der Waals surface area contributed by atoms with E-state index >= 15 is 0 Å². The number of nitrogens with zero attached hydrogens (tertiary/aromatic N) is 3. The van der Waals surface area contributed by atoms with Crippen LogP contribution in [0.15, 0.2) is 30.7 Å². The maximum atomic E-state index is 13.7. The maximum Gasteiger partial charge on any atom is 0.359 e. The molecule has 0 saturated carbocycles. The fourth-order valence-corrected chi connectivity index (χ4v) is 1.88. The summed E-state index contributed by atoms with van der Waals surface area (Å²) >= 11 is 0. The second-order valence-corrected chi connectivity index (χ2v) is 4.43. The Hall–Kier alpha value is -2.28. The first-order chi connectivity index (χ1) is 10.1. The van der Waals surface area contributed by atoms with Crippen molar-refractivity contribution in [1.29, 1.82) is 0 Å². The van der Waals surface area contributed by atoms with E-state index in [1.165, 1.54) is 10.9 Å². The number of halogens is 1. The summed E-state index contributed by atoms with van der Waals surface area (Å²) in [6.45, 7) is 1.71. The minimum atomic E-state index is -0.883. The normalized spacial score (nSPS) is 12.1. The van der Waals surface area contributed by atoms with Crippen LogP contribution < -0.4 is 0 Å². The fraction of sp³-hybridized carbons (Fsp3) is 0.357. The Bertz CT molecular complexity index is 601. The minimum Gasteiger partial charge on any atom is -0.461 e. The molecule has 21 heavy (non-hydrogen) atoms. The van der Waals surface area contributed by atoms with Gasteiger partial charge in [-0.1, -0.05) is 6.07 Å². The maximum absolute atomic E-state index is 13.7. The summed E-state index contributed by atoms with van der Waals surface area (Å²) in [6.07, 6.45) is 3.17. The number of pyridine rings is 1. The molecule has 2 rings (SSSR count). The Kier molecular flexibility index (Phi) is 4.99. The lowest BCUT2D eigenvalue weighted by Gasteiger charge is -2.15. The van der Waals surface area contributed by atoms with E-state index in [4.69, 9.17) is 9.84 Å². The van der Waals surface area contributed by atoms with Crippen molar-refractivity contribution in [2.24, 2.45) is 0 Å². The third-order valence-electron chi connectivity index (χ3n) is 3.01.